The smallest absolute Gasteiger partial charge is 0.276 e. The summed E-state index contributed by atoms with van der Waals surface area (Å²) in [5, 5.41) is 3.91. The number of nitrogens with zero attached hydrogens (tertiary/aromatic N) is 3. The summed E-state index contributed by atoms with van der Waals surface area (Å²) in [6, 6.07) is 12.1. The molecule has 2 aromatic rings. The molecule has 1 aromatic heterocycles. The standard InChI is InChI=1S/C17H21N3O2/c1-2-6-15-13-16(18-22-15)17(21)20-11-9-19(10-12-20)14-7-4-3-5-8-14/h3-5,7-8,13H,2,6,9-12H2,1H3. The van der Waals surface area contributed by atoms with Crippen LogP contribution in [0.4, 0.5) is 5.69 Å². The maximum absolute atomic E-state index is 12.4. The number of piperazine rings is 1. The third kappa shape index (κ3) is 3.13. The van der Waals surface area contributed by atoms with Gasteiger partial charge in [0.15, 0.2) is 5.69 Å². The van der Waals surface area contributed by atoms with Crippen molar-refractivity contribution >= 4 is 11.6 Å². The van der Waals surface area contributed by atoms with Crippen molar-refractivity contribution in [2.45, 2.75) is 19.8 Å². The molecule has 0 atom stereocenters. The van der Waals surface area contributed by atoms with Crippen LogP contribution in [0.25, 0.3) is 0 Å². The number of anilines is 1. The molecule has 0 aliphatic carbocycles. The predicted molar refractivity (Wildman–Crippen MR) is 85.1 cm³/mol. The van der Waals surface area contributed by atoms with Gasteiger partial charge in [-0.1, -0.05) is 30.3 Å². The molecule has 1 aliphatic heterocycles. The molecular formula is C17H21N3O2. The highest BCUT2D eigenvalue weighted by Crippen LogP contribution is 2.17. The van der Waals surface area contributed by atoms with Crippen LogP contribution in [0.15, 0.2) is 40.9 Å². The lowest BCUT2D eigenvalue weighted by atomic mass is 10.2. The second-order valence-corrected chi connectivity index (χ2v) is 5.54. The minimum absolute atomic E-state index is 0.0289. The van der Waals surface area contributed by atoms with Gasteiger partial charge in [-0.3, -0.25) is 4.79 Å². The number of aromatic nitrogens is 1. The fourth-order valence-corrected chi connectivity index (χ4v) is 2.75. The van der Waals surface area contributed by atoms with E-state index in [0.717, 1.165) is 31.7 Å². The van der Waals surface area contributed by atoms with Gasteiger partial charge in [-0.15, -0.1) is 0 Å². The van der Waals surface area contributed by atoms with Crippen LogP contribution in [0.5, 0.6) is 0 Å². The third-order valence-electron chi connectivity index (χ3n) is 3.96. The first kappa shape index (κ1) is 14.6. The van der Waals surface area contributed by atoms with E-state index in [1.54, 1.807) is 6.07 Å². The number of benzene rings is 1. The molecule has 2 heterocycles. The van der Waals surface area contributed by atoms with E-state index in [-0.39, 0.29) is 5.91 Å². The van der Waals surface area contributed by atoms with Crippen molar-refractivity contribution in [1.82, 2.24) is 10.1 Å². The van der Waals surface area contributed by atoms with Crippen molar-refractivity contribution in [3.05, 3.63) is 47.9 Å². The average Bonchev–Trinajstić information content (AvgIpc) is 3.04. The average molecular weight is 299 g/mol. The van der Waals surface area contributed by atoms with Crippen LogP contribution in [0, 0.1) is 0 Å². The van der Waals surface area contributed by atoms with Gasteiger partial charge in [0.2, 0.25) is 0 Å². The van der Waals surface area contributed by atoms with Crippen molar-refractivity contribution in [1.29, 1.82) is 0 Å². The molecule has 0 radical (unpaired) electrons. The molecule has 5 nitrogen and oxygen atoms in total. The number of para-hydroxylation sites is 1. The van der Waals surface area contributed by atoms with E-state index in [2.05, 4.69) is 29.1 Å². The van der Waals surface area contributed by atoms with Gasteiger partial charge in [-0.25, -0.2) is 0 Å². The molecule has 3 rings (SSSR count). The molecule has 0 N–H and O–H groups in total. The normalized spacial score (nSPS) is 15.1. The van der Waals surface area contributed by atoms with Crippen LogP contribution in [0.3, 0.4) is 0 Å². The fourth-order valence-electron chi connectivity index (χ4n) is 2.75. The van der Waals surface area contributed by atoms with Crippen molar-refractivity contribution in [2.24, 2.45) is 0 Å². The topological polar surface area (TPSA) is 49.6 Å². The zero-order valence-electron chi connectivity index (χ0n) is 12.9. The maximum Gasteiger partial charge on any atom is 0.276 e. The number of carbonyl (C=O) groups is 1. The van der Waals surface area contributed by atoms with Gasteiger partial charge < -0.3 is 14.3 Å². The van der Waals surface area contributed by atoms with E-state index in [1.807, 2.05) is 23.1 Å². The summed E-state index contributed by atoms with van der Waals surface area (Å²) in [5.74, 6) is 0.757. The van der Waals surface area contributed by atoms with E-state index in [0.29, 0.717) is 18.8 Å². The monoisotopic (exact) mass is 299 g/mol. The third-order valence-corrected chi connectivity index (χ3v) is 3.96. The molecule has 0 spiro atoms. The molecular weight excluding hydrogens is 278 g/mol. The predicted octanol–water partition coefficient (Wildman–Crippen LogP) is 2.59. The van der Waals surface area contributed by atoms with Gasteiger partial charge in [0.05, 0.1) is 0 Å². The summed E-state index contributed by atoms with van der Waals surface area (Å²) in [6.45, 7) is 5.19. The van der Waals surface area contributed by atoms with Crippen LogP contribution >= 0.6 is 0 Å². The van der Waals surface area contributed by atoms with Gasteiger partial charge in [0.1, 0.15) is 5.76 Å². The maximum atomic E-state index is 12.4. The largest absolute Gasteiger partial charge is 0.368 e. The van der Waals surface area contributed by atoms with E-state index >= 15 is 0 Å². The lowest BCUT2D eigenvalue weighted by Gasteiger charge is -2.35. The van der Waals surface area contributed by atoms with Gasteiger partial charge >= 0.3 is 0 Å². The first-order valence-corrected chi connectivity index (χ1v) is 7.83. The molecule has 22 heavy (non-hydrogen) atoms. The molecule has 1 saturated heterocycles. The summed E-state index contributed by atoms with van der Waals surface area (Å²) >= 11 is 0. The SMILES string of the molecule is CCCc1cc(C(=O)N2CCN(c3ccccc3)CC2)no1. The molecule has 1 aliphatic rings. The summed E-state index contributed by atoms with van der Waals surface area (Å²) in [4.78, 5) is 16.6. The summed E-state index contributed by atoms with van der Waals surface area (Å²) in [5.41, 5.74) is 1.64. The van der Waals surface area contributed by atoms with E-state index in [1.165, 1.54) is 5.69 Å². The number of hydrogen-bond acceptors (Lipinski definition) is 4. The van der Waals surface area contributed by atoms with Crippen molar-refractivity contribution < 1.29 is 9.32 Å². The fraction of sp³-hybridized carbons (Fsp3) is 0.412. The lowest BCUT2D eigenvalue weighted by molar-refractivity contribution is 0.0736. The molecule has 116 valence electrons. The lowest BCUT2D eigenvalue weighted by Crippen LogP contribution is -2.48. The van der Waals surface area contributed by atoms with Gasteiger partial charge in [-0.2, -0.15) is 0 Å². The van der Waals surface area contributed by atoms with Crippen LogP contribution in [-0.4, -0.2) is 42.1 Å². The zero-order valence-corrected chi connectivity index (χ0v) is 12.9. The number of hydrogen-bond donors (Lipinski definition) is 0. The Morgan fingerprint density at radius 1 is 1.18 bits per heavy atom. The highest BCUT2D eigenvalue weighted by Gasteiger charge is 2.24. The molecule has 5 heteroatoms. The van der Waals surface area contributed by atoms with Crippen LogP contribution in [-0.2, 0) is 6.42 Å². The molecule has 1 fully saturated rings. The summed E-state index contributed by atoms with van der Waals surface area (Å²) in [6.07, 6.45) is 1.81. The van der Waals surface area contributed by atoms with Crippen LogP contribution in [0.1, 0.15) is 29.6 Å². The molecule has 0 unspecified atom stereocenters. The van der Waals surface area contributed by atoms with Gasteiger partial charge in [0, 0.05) is 44.4 Å². The number of aryl methyl sites for hydroxylation is 1. The van der Waals surface area contributed by atoms with Gasteiger partial charge in [0.25, 0.3) is 5.91 Å². The zero-order chi connectivity index (χ0) is 15.4. The number of carbonyl (C=O) groups excluding carboxylic acids is 1. The second-order valence-electron chi connectivity index (χ2n) is 5.54. The van der Waals surface area contributed by atoms with Crippen molar-refractivity contribution in [3.8, 4) is 0 Å². The Labute approximate surface area is 130 Å². The van der Waals surface area contributed by atoms with Gasteiger partial charge in [-0.05, 0) is 18.6 Å². The van der Waals surface area contributed by atoms with Crippen LogP contribution < -0.4 is 4.90 Å². The molecule has 0 saturated carbocycles. The Balaban J connectivity index is 1.59. The van der Waals surface area contributed by atoms with Crippen molar-refractivity contribution in [2.75, 3.05) is 31.1 Å². The second kappa shape index (κ2) is 6.64. The van der Waals surface area contributed by atoms with E-state index < -0.39 is 0 Å². The Kier molecular flexibility index (Phi) is 4.42. The van der Waals surface area contributed by atoms with E-state index in [9.17, 15) is 4.79 Å². The minimum atomic E-state index is -0.0289. The Bertz CT molecular complexity index is 616. The van der Waals surface area contributed by atoms with Crippen molar-refractivity contribution in [3.63, 3.8) is 0 Å². The first-order chi connectivity index (χ1) is 10.8. The molecule has 1 amide bonds. The number of amides is 1. The molecule has 1 aromatic carbocycles. The Hall–Kier alpha value is -2.30. The van der Waals surface area contributed by atoms with Crippen LogP contribution in [0.2, 0.25) is 0 Å². The Morgan fingerprint density at radius 2 is 1.91 bits per heavy atom. The highest BCUT2D eigenvalue weighted by atomic mass is 16.5. The Morgan fingerprint density at radius 3 is 2.59 bits per heavy atom. The summed E-state index contributed by atoms with van der Waals surface area (Å²) in [7, 11) is 0. The summed E-state index contributed by atoms with van der Waals surface area (Å²) < 4.78 is 5.20. The highest BCUT2D eigenvalue weighted by molar-refractivity contribution is 5.92. The van der Waals surface area contributed by atoms with E-state index in [4.69, 9.17) is 4.52 Å². The number of rotatable bonds is 4. The molecule has 0 bridgehead atoms. The first-order valence-electron chi connectivity index (χ1n) is 7.83. The quantitative estimate of drug-likeness (QED) is 0.870. The minimum Gasteiger partial charge on any atom is -0.368 e.